The molecule has 0 saturated carbocycles. The summed E-state index contributed by atoms with van der Waals surface area (Å²) in [7, 11) is 0. The van der Waals surface area contributed by atoms with Crippen LogP contribution < -0.4 is 0 Å². The molecule has 0 amide bonds. The summed E-state index contributed by atoms with van der Waals surface area (Å²) in [6.45, 7) is 0. The summed E-state index contributed by atoms with van der Waals surface area (Å²) in [5.74, 6) is -1.53. The van der Waals surface area contributed by atoms with Crippen molar-refractivity contribution in [2.24, 2.45) is 0 Å². The third kappa shape index (κ3) is 7.38. The quantitative estimate of drug-likeness (QED) is 0.324. The van der Waals surface area contributed by atoms with E-state index >= 15 is 0 Å². The molecular formula is C2H6AlCl4NO3Zr. The van der Waals surface area contributed by atoms with Gasteiger partial charge in [0.15, 0.2) is 17.4 Å². The number of alkyl halides is 2. The van der Waals surface area contributed by atoms with Gasteiger partial charge < -0.3 is 10.6 Å². The number of hydrogen-bond donors (Lipinski definition) is 1. The summed E-state index contributed by atoms with van der Waals surface area (Å²) in [6.07, 6.45) is 0. The van der Waals surface area contributed by atoms with Crippen molar-refractivity contribution in [2.45, 2.75) is 4.46 Å². The largest absolute Gasteiger partial charge is 0.478 e. The Hall–Kier alpha value is 1.97. The van der Waals surface area contributed by atoms with Crippen molar-refractivity contribution in [1.29, 1.82) is 0 Å². The minimum absolute atomic E-state index is 0. The standard InChI is InChI=1S/C2HCl4NO2.Al.H2O.Zr.3H/c3-2(4,1(8)9)7(5)6;;;;;;/h(H,8,9);;1H2;;;;. The van der Waals surface area contributed by atoms with Gasteiger partial charge in [0.25, 0.3) is 4.46 Å². The van der Waals surface area contributed by atoms with E-state index < -0.39 is 10.4 Å². The molecule has 0 aliphatic carbocycles. The van der Waals surface area contributed by atoms with E-state index in [0.717, 1.165) is 0 Å². The first-order valence-corrected chi connectivity index (χ1v) is 3.05. The molecule has 0 aromatic rings. The number of carboxylic acids is 1. The monoisotopic (exact) mass is 349 g/mol. The van der Waals surface area contributed by atoms with Crippen molar-refractivity contribution in [3.63, 3.8) is 0 Å². The van der Waals surface area contributed by atoms with E-state index in [-0.39, 0.29) is 53.0 Å². The van der Waals surface area contributed by atoms with Crippen LogP contribution in [0.5, 0.6) is 0 Å². The molecule has 0 radical (unpaired) electrons. The number of hydrogen-bond acceptors (Lipinski definition) is 2. The van der Waals surface area contributed by atoms with Crippen molar-refractivity contribution < 1.29 is 41.6 Å². The zero-order valence-corrected chi connectivity index (χ0v) is 10.3. The Labute approximate surface area is 119 Å². The normalized spacial score (nSPS) is 9.08. The third-order valence-corrected chi connectivity index (χ3v) is 1.98. The van der Waals surface area contributed by atoms with Gasteiger partial charge in [-0.25, -0.2) is 4.79 Å². The van der Waals surface area contributed by atoms with Crippen LogP contribution in [0.4, 0.5) is 0 Å². The van der Waals surface area contributed by atoms with Crippen molar-refractivity contribution >= 4 is 70.1 Å². The van der Waals surface area contributed by atoms with Gasteiger partial charge in [-0.3, -0.25) is 0 Å². The van der Waals surface area contributed by atoms with Gasteiger partial charge in [0.05, 0.1) is 0 Å². The van der Waals surface area contributed by atoms with Gasteiger partial charge in [-0.1, -0.05) is 27.1 Å². The van der Waals surface area contributed by atoms with Crippen LogP contribution in [0.15, 0.2) is 0 Å². The Balaban J connectivity index is -0.000000107. The van der Waals surface area contributed by atoms with E-state index in [4.69, 9.17) is 51.9 Å². The number of nitrogens with zero attached hydrogens (tertiary/aromatic N) is 1. The van der Waals surface area contributed by atoms with Gasteiger partial charge in [-0.15, -0.1) is 0 Å². The van der Waals surface area contributed by atoms with Crippen molar-refractivity contribution in [2.75, 3.05) is 0 Å². The number of carbonyl (C=O) groups is 1. The molecule has 0 fully saturated rings. The van der Waals surface area contributed by atoms with Crippen LogP contribution in [0.1, 0.15) is 0 Å². The second kappa shape index (κ2) is 9.52. The smallest absolute Gasteiger partial charge is 0.358 e. The SMILES string of the molecule is O.O=C(O)C(Cl)(Cl)N(Cl)Cl.[AlH3].[Zr]. The Kier molecular flexibility index (Phi) is 18.7. The maximum atomic E-state index is 9.99. The number of rotatable bonds is 2. The van der Waals surface area contributed by atoms with Gasteiger partial charge in [0.1, 0.15) is 0 Å². The van der Waals surface area contributed by atoms with Crippen LogP contribution in [-0.4, -0.2) is 42.3 Å². The molecule has 0 aromatic carbocycles. The molecule has 0 aliphatic rings. The predicted octanol–water partition coefficient (Wildman–Crippen LogP) is -0.199. The predicted molar refractivity (Wildman–Crippen MR) is 49.2 cm³/mol. The molecule has 3 N–H and O–H groups in total. The second-order valence-corrected chi connectivity index (χ2v) is 3.22. The molecule has 0 aliphatic heterocycles. The van der Waals surface area contributed by atoms with Crippen LogP contribution >= 0.6 is 46.8 Å². The molecule has 0 aromatic heterocycles. The van der Waals surface area contributed by atoms with Crippen LogP contribution in [0.2, 0.25) is 0 Å². The first kappa shape index (κ1) is 23.6. The van der Waals surface area contributed by atoms with Crippen LogP contribution in [-0.2, 0) is 31.0 Å². The summed E-state index contributed by atoms with van der Waals surface area (Å²) in [6, 6.07) is 0. The van der Waals surface area contributed by atoms with Crippen LogP contribution in [0.3, 0.4) is 0 Å². The molecule has 72 valence electrons. The fourth-order valence-corrected chi connectivity index (χ4v) is 0.217. The molecule has 0 heterocycles. The van der Waals surface area contributed by atoms with Gasteiger partial charge >= 0.3 is 5.97 Å². The average Bonchev–Trinajstić information content (AvgIpc) is 1.65. The molecule has 0 unspecified atom stereocenters. The van der Waals surface area contributed by atoms with Gasteiger partial charge in [-0.05, 0) is 23.6 Å². The Morgan fingerprint density at radius 3 is 1.58 bits per heavy atom. The molecule has 0 atom stereocenters. The van der Waals surface area contributed by atoms with Crippen molar-refractivity contribution in [3.8, 4) is 0 Å². The molecule has 0 saturated heterocycles. The summed E-state index contributed by atoms with van der Waals surface area (Å²) in [5.41, 5.74) is 0. The van der Waals surface area contributed by atoms with Crippen molar-refractivity contribution in [3.05, 3.63) is 0 Å². The van der Waals surface area contributed by atoms with E-state index in [1.54, 1.807) is 0 Å². The average molecular weight is 352 g/mol. The number of aliphatic carboxylic acids is 1. The zero-order chi connectivity index (χ0) is 7.65. The van der Waals surface area contributed by atoms with Crippen LogP contribution in [0.25, 0.3) is 0 Å². The number of halogens is 4. The molecule has 12 heavy (non-hydrogen) atoms. The first-order valence-electron chi connectivity index (χ1n) is 1.62. The van der Waals surface area contributed by atoms with E-state index in [0.29, 0.717) is 0 Å². The molecule has 0 spiro atoms. The Morgan fingerprint density at radius 2 is 1.58 bits per heavy atom. The molecular weight excluding hydrogens is 346 g/mol. The van der Waals surface area contributed by atoms with Gasteiger partial charge in [0.2, 0.25) is 0 Å². The maximum absolute atomic E-state index is 9.99. The van der Waals surface area contributed by atoms with E-state index in [9.17, 15) is 4.79 Å². The number of carboxylic acid groups (broad SMARTS) is 1. The zero-order valence-electron chi connectivity index (χ0n) is 4.81. The molecule has 10 heteroatoms. The molecule has 0 rings (SSSR count). The fraction of sp³-hybridized carbons (Fsp3) is 0.500. The Morgan fingerprint density at radius 1 is 1.33 bits per heavy atom. The Bertz CT molecular complexity index is 135. The minimum atomic E-state index is -2.27. The fourth-order valence-electron chi connectivity index (χ4n) is 0.0723. The van der Waals surface area contributed by atoms with Gasteiger partial charge in [-0.2, -0.15) is 0 Å². The topological polar surface area (TPSA) is 72.0 Å². The van der Waals surface area contributed by atoms with Crippen molar-refractivity contribution in [1.82, 2.24) is 3.94 Å². The first-order chi connectivity index (χ1) is 3.89. The summed E-state index contributed by atoms with van der Waals surface area (Å²) in [4.78, 5) is 9.99. The third-order valence-electron chi connectivity index (χ3n) is 0.470. The minimum Gasteiger partial charge on any atom is -0.478 e. The second-order valence-electron chi connectivity index (χ2n) is 1.08. The van der Waals surface area contributed by atoms with Crippen LogP contribution in [0, 0.1) is 0 Å². The molecule has 0 bridgehead atoms. The van der Waals surface area contributed by atoms with E-state index in [1.165, 1.54) is 0 Å². The van der Waals surface area contributed by atoms with E-state index in [2.05, 4.69) is 0 Å². The molecule has 4 nitrogen and oxygen atoms in total. The summed E-state index contributed by atoms with van der Waals surface area (Å²) >= 11 is 19.9. The van der Waals surface area contributed by atoms with Gasteiger partial charge in [0, 0.05) is 26.2 Å². The van der Waals surface area contributed by atoms with E-state index in [1.807, 2.05) is 0 Å². The maximum Gasteiger partial charge on any atom is 0.358 e. The summed E-state index contributed by atoms with van der Waals surface area (Å²) in [5, 5.41) is 8.14. The summed E-state index contributed by atoms with van der Waals surface area (Å²) < 4.78 is -2.14.